The SMILES string of the molecule is c1ccc2c(c1)-c1ccc(-c3ccc4c(c3)oc3ccc(-n5c6ccccc6c6cc(-c7ccc8c(c7)c7ccccc7n8-c7cccc8cnccc78)ccc65)cc34)cc1C21C2CC3CC(C2)CC1C3. The molecule has 4 fully saturated rings. The van der Waals surface area contributed by atoms with Crippen LogP contribution in [0.3, 0.4) is 0 Å². The van der Waals surface area contributed by atoms with Gasteiger partial charge < -0.3 is 13.6 Å². The first kappa shape index (κ1) is 38.6. The second-order valence-electron chi connectivity index (χ2n) is 21.5. The monoisotopic (exact) mass is 909 g/mol. The van der Waals surface area contributed by atoms with Crippen LogP contribution in [0.4, 0.5) is 0 Å². The standard InChI is InChI=1S/C67H47N3O/c1-4-12-58-50(9-1)51-21-16-43(35-59(51)67(58)46-29-39-28-40(31-46)32-47(67)30-39)44-17-22-54-57-37-48(20-25-65(57)71-66(54)36-44)69-61-13-5-2-10-52(61)55-33-41(18-23-63(55)69)42-19-24-64-56(34-42)53-11-3-6-14-62(53)70(64)60-15-7-8-45-38-68-27-26-49(45)60/h1-27,33-40,46-47H,28-32H2. The van der Waals surface area contributed by atoms with Crippen molar-refractivity contribution in [2.75, 3.05) is 0 Å². The number of furan rings is 1. The van der Waals surface area contributed by atoms with Crippen LogP contribution in [-0.4, -0.2) is 14.1 Å². The van der Waals surface area contributed by atoms with Gasteiger partial charge >= 0.3 is 0 Å². The second-order valence-corrected chi connectivity index (χ2v) is 21.5. The number of para-hydroxylation sites is 2. The molecule has 0 saturated heterocycles. The highest BCUT2D eigenvalue weighted by atomic mass is 16.3. The Hall–Kier alpha value is -8.21. The Labute approximate surface area is 410 Å². The zero-order chi connectivity index (χ0) is 46.1. The van der Waals surface area contributed by atoms with Crippen LogP contribution in [0.2, 0.25) is 0 Å². The predicted molar refractivity (Wildman–Crippen MR) is 292 cm³/mol. The molecule has 71 heavy (non-hydrogen) atoms. The minimum Gasteiger partial charge on any atom is -0.456 e. The number of benzene rings is 9. The van der Waals surface area contributed by atoms with E-state index in [2.05, 4.69) is 202 Å². The van der Waals surface area contributed by atoms with E-state index in [9.17, 15) is 0 Å². The van der Waals surface area contributed by atoms with Crippen LogP contribution in [0.1, 0.15) is 43.2 Å². The summed E-state index contributed by atoms with van der Waals surface area (Å²) in [7, 11) is 0. The van der Waals surface area contributed by atoms with Crippen molar-refractivity contribution in [2.24, 2.45) is 23.7 Å². The zero-order valence-electron chi connectivity index (χ0n) is 39.1. The van der Waals surface area contributed by atoms with E-state index in [1.807, 2.05) is 12.4 Å². The van der Waals surface area contributed by atoms with Crippen molar-refractivity contribution in [3.63, 3.8) is 0 Å². The molecule has 5 aliphatic rings. The highest BCUT2D eigenvalue weighted by molar-refractivity contribution is 6.14. The molecule has 4 nitrogen and oxygen atoms in total. The minimum absolute atomic E-state index is 0.151. The summed E-state index contributed by atoms with van der Waals surface area (Å²) in [6.07, 6.45) is 10.9. The molecule has 0 atom stereocenters. The third kappa shape index (κ3) is 5.17. The highest BCUT2D eigenvalue weighted by Gasteiger charge is 2.61. The van der Waals surface area contributed by atoms with Crippen LogP contribution in [0, 0.1) is 23.7 Å². The molecule has 4 heterocycles. The molecule has 0 unspecified atom stereocenters. The molecule has 0 N–H and O–H groups in total. The molecule has 0 aliphatic heterocycles. The Morgan fingerprint density at radius 1 is 0.408 bits per heavy atom. The summed E-state index contributed by atoms with van der Waals surface area (Å²) in [4.78, 5) is 4.41. The van der Waals surface area contributed by atoms with Gasteiger partial charge in [0.1, 0.15) is 11.2 Å². The minimum atomic E-state index is 0.151. The van der Waals surface area contributed by atoms with Crippen molar-refractivity contribution < 1.29 is 4.42 Å². The molecule has 9 aromatic carbocycles. The summed E-state index contributed by atoms with van der Waals surface area (Å²) in [5, 5.41) is 9.56. The lowest BCUT2D eigenvalue weighted by Crippen LogP contribution is -2.55. The molecular weight excluding hydrogens is 863 g/mol. The fraction of sp³-hybridized carbons (Fsp3) is 0.149. The molecule has 0 amide bonds. The number of nitrogens with zero attached hydrogens (tertiary/aromatic N) is 3. The quantitative estimate of drug-likeness (QED) is 0.176. The molecule has 5 aliphatic carbocycles. The molecule has 4 bridgehead atoms. The summed E-state index contributed by atoms with van der Waals surface area (Å²) in [5.74, 6) is 3.35. The molecule has 13 aromatic rings. The normalized spacial score (nSPS) is 21.0. The Morgan fingerprint density at radius 2 is 1.04 bits per heavy atom. The van der Waals surface area contributed by atoms with Crippen molar-refractivity contribution in [2.45, 2.75) is 37.5 Å². The van der Waals surface area contributed by atoms with Gasteiger partial charge in [-0.25, -0.2) is 0 Å². The van der Waals surface area contributed by atoms with Gasteiger partial charge in [0.25, 0.3) is 0 Å². The topological polar surface area (TPSA) is 35.9 Å². The summed E-state index contributed by atoms with van der Waals surface area (Å²) in [6, 6.07) is 70.7. The first-order valence-corrected chi connectivity index (χ1v) is 25.8. The van der Waals surface area contributed by atoms with Crippen LogP contribution in [-0.2, 0) is 5.41 Å². The maximum absolute atomic E-state index is 6.75. The third-order valence-corrected chi connectivity index (χ3v) is 18.2. The fourth-order valence-electron chi connectivity index (χ4n) is 15.6. The lowest BCUT2D eigenvalue weighted by Gasteiger charge is -2.61. The van der Waals surface area contributed by atoms with Crippen LogP contribution < -0.4 is 0 Å². The van der Waals surface area contributed by atoms with Crippen molar-refractivity contribution in [3.05, 3.63) is 212 Å². The predicted octanol–water partition coefficient (Wildman–Crippen LogP) is 17.4. The number of fused-ring (bicyclic) bond motifs is 13. The summed E-state index contributed by atoms with van der Waals surface area (Å²) < 4.78 is 11.6. The zero-order valence-corrected chi connectivity index (χ0v) is 39.1. The number of aromatic nitrogens is 3. The lowest BCUT2D eigenvalue weighted by atomic mass is 9.43. The Kier molecular flexibility index (Phi) is 7.61. The lowest BCUT2D eigenvalue weighted by molar-refractivity contribution is -0.0399. The summed E-state index contributed by atoms with van der Waals surface area (Å²) in [6.45, 7) is 0. The molecule has 1 spiro atoms. The van der Waals surface area contributed by atoms with E-state index in [1.54, 1.807) is 11.1 Å². The third-order valence-electron chi connectivity index (χ3n) is 18.2. The average molecular weight is 910 g/mol. The maximum Gasteiger partial charge on any atom is 0.136 e. The molecule has 0 radical (unpaired) electrons. The van der Waals surface area contributed by atoms with Crippen LogP contribution >= 0.6 is 0 Å². The Morgan fingerprint density at radius 3 is 1.83 bits per heavy atom. The number of pyridine rings is 1. The summed E-state index contributed by atoms with van der Waals surface area (Å²) in [5.41, 5.74) is 20.1. The smallest absolute Gasteiger partial charge is 0.136 e. The molecular formula is C67H47N3O. The summed E-state index contributed by atoms with van der Waals surface area (Å²) >= 11 is 0. The average Bonchev–Trinajstić information content (AvgIpc) is 4.14. The Bertz CT molecular complexity index is 4410. The van der Waals surface area contributed by atoms with E-state index in [1.165, 1.54) is 114 Å². The number of hydrogen-bond donors (Lipinski definition) is 0. The van der Waals surface area contributed by atoms with Gasteiger partial charge in [-0.3, -0.25) is 4.98 Å². The van der Waals surface area contributed by atoms with Gasteiger partial charge in [-0.2, -0.15) is 0 Å². The fourth-order valence-corrected chi connectivity index (χ4v) is 15.6. The number of hydrogen-bond acceptors (Lipinski definition) is 2. The van der Waals surface area contributed by atoms with Gasteiger partial charge in [0.2, 0.25) is 0 Å². The number of rotatable bonds is 4. The van der Waals surface area contributed by atoms with Gasteiger partial charge in [-0.15, -0.1) is 0 Å². The maximum atomic E-state index is 6.75. The van der Waals surface area contributed by atoms with Gasteiger partial charge in [-0.05, 0) is 185 Å². The largest absolute Gasteiger partial charge is 0.456 e. The van der Waals surface area contributed by atoms with E-state index in [4.69, 9.17) is 4.42 Å². The van der Waals surface area contributed by atoms with Crippen molar-refractivity contribution in [1.29, 1.82) is 0 Å². The van der Waals surface area contributed by atoms with E-state index < -0.39 is 0 Å². The first-order valence-electron chi connectivity index (χ1n) is 25.8. The van der Waals surface area contributed by atoms with E-state index in [-0.39, 0.29) is 5.41 Å². The van der Waals surface area contributed by atoms with Gasteiger partial charge in [0.05, 0.1) is 27.8 Å². The molecule has 18 rings (SSSR count). The van der Waals surface area contributed by atoms with E-state index in [0.29, 0.717) is 0 Å². The van der Waals surface area contributed by atoms with E-state index >= 15 is 0 Å². The second kappa shape index (κ2) is 14.0. The van der Waals surface area contributed by atoms with Gasteiger partial charge in [0.15, 0.2) is 0 Å². The first-order chi connectivity index (χ1) is 35.1. The van der Waals surface area contributed by atoms with Gasteiger partial charge in [0, 0.05) is 66.6 Å². The van der Waals surface area contributed by atoms with Gasteiger partial charge in [-0.1, -0.05) is 103 Å². The Balaban J connectivity index is 0.758. The van der Waals surface area contributed by atoms with Crippen LogP contribution in [0.5, 0.6) is 0 Å². The molecule has 4 aromatic heterocycles. The van der Waals surface area contributed by atoms with Crippen molar-refractivity contribution in [3.8, 4) is 44.8 Å². The molecule has 4 heteroatoms. The van der Waals surface area contributed by atoms with Crippen molar-refractivity contribution >= 4 is 76.3 Å². The van der Waals surface area contributed by atoms with Crippen LogP contribution in [0.15, 0.2) is 205 Å². The van der Waals surface area contributed by atoms with Crippen molar-refractivity contribution in [1.82, 2.24) is 14.1 Å². The van der Waals surface area contributed by atoms with E-state index in [0.717, 1.165) is 62.4 Å². The molecule has 4 saturated carbocycles. The molecule has 336 valence electrons. The highest BCUT2D eigenvalue weighted by Crippen LogP contribution is 2.69. The van der Waals surface area contributed by atoms with Crippen LogP contribution in [0.25, 0.3) is 121 Å².